The maximum Gasteiger partial charge on any atom is 0.273 e. The lowest BCUT2D eigenvalue weighted by Crippen LogP contribution is -2.70. The Labute approximate surface area is 127 Å². The Morgan fingerprint density at radius 1 is 1.43 bits per heavy atom. The Hall–Kier alpha value is -1.60. The Bertz CT molecular complexity index is 588. The SMILES string of the molecule is CC(=O)N[C@@H]1[C@@H](NC(=O)c2nn(C)cc2Cl)[C@H]2CCO[C@H]21. The molecule has 0 bridgehead atoms. The van der Waals surface area contributed by atoms with E-state index in [1.165, 1.54) is 11.6 Å². The number of nitrogens with one attached hydrogen (secondary N) is 2. The van der Waals surface area contributed by atoms with E-state index in [4.69, 9.17) is 16.3 Å². The van der Waals surface area contributed by atoms with Crippen LogP contribution in [0.5, 0.6) is 0 Å². The fourth-order valence-corrected chi connectivity index (χ4v) is 3.41. The number of fused-ring (bicyclic) bond motifs is 1. The number of aryl methyl sites for hydroxylation is 1. The second-order valence-electron chi connectivity index (χ2n) is 5.51. The van der Waals surface area contributed by atoms with Crippen LogP contribution in [0.25, 0.3) is 0 Å². The molecule has 1 saturated carbocycles. The average Bonchev–Trinajstić information content (AvgIpc) is 2.97. The van der Waals surface area contributed by atoms with E-state index >= 15 is 0 Å². The predicted molar refractivity (Wildman–Crippen MR) is 74.9 cm³/mol. The first-order valence-electron chi connectivity index (χ1n) is 6.86. The number of rotatable bonds is 3. The topological polar surface area (TPSA) is 85.3 Å². The largest absolute Gasteiger partial charge is 0.376 e. The number of nitrogens with zero attached hydrogens (tertiary/aromatic N) is 2. The lowest BCUT2D eigenvalue weighted by atomic mass is 9.71. The second-order valence-corrected chi connectivity index (χ2v) is 5.92. The van der Waals surface area contributed by atoms with Crippen molar-refractivity contribution in [3.05, 3.63) is 16.9 Å². The van der Waals surface area contributed by atoms with Gasteiger partial charge in [0.15, 0.2) is 5.69 Å². The van der Waals surface area contributed by atoms with E-state index < -0.39 is 0 Å². The smallest absolute Gasteiger partial charge is 0.273 e. The van der Waals surface area contributed by atoms with E-state index in [0.29, 0.717) is 11.6 Å². The molecular formula is C13H17ClN4O3. The Morgan fingerprint density at radius 2 is 2.19 bits per heavy atom. The molecule has 1 aromatic heterocycles. The molecule has 7 nitrogen and oxygen atoms in total. The normalized spacial score (nSPS) is 30.4. The minimum Gasteiger partial charge on any atom is -0.376 e. The number of ether oxygens (including phenoxy) is 1. The first-order valence-corrected chi connectivity index (χ1v) is 7.24. The number of carbonyl (C=O) groups is 2. The van der Waals surface area contributed by atoms with Crippen molar-refractivity contribution in [1.29, 1.82) is 0 Å². The molecule has 114 valence electrons. The van der Waals surface area contributed by atoms with Crippen LogP contribution in [-0.4, -0.2) is 46.4 Å². The lowest BCUT2D eigenvalue weighted by Gasteiger charge is -2.47. The van der Waals surface area contributed by atoms with E-state index in [1.807, 2.05) is 0 Å². The highest BCUT2D eigenvalue weighted by Gasteiger charge is 2.55. The van der Waals surface area contributed by atoms with Gasteiger partial charge in [-0.25, -0.2) is 0 Å². The van der Waals surface area contributed by atoms with E-state index in [1.54, 1.807) is 13.2 Å². The molecule has 1 saturated heterocycles. The summed E-state index contributed by atoms with van der Waals surface area (Å²) in [6.07, 6.45) is 2.43. The van der Waals surface area contributed by atoms with Gasteiger partial charge in [-0.1, -0.05) is 11.6 Å². The van der Waals surface area contributed by atoms with Crippen LogP contribution in [0, 0.1) is 5.92 Å². The van der Waals surface area contributed by atoms with E-state index in [0.717, 1.165) is 6.42 Å². The zero-order valence-electron chi connectivity index (χ0n) is 11.8. The molecular weight excluding hydrogens is 296 g/mol. The van der Waals surface area contributed by atoms with Crippen molar-refractivity contribution in [2.24, 2.45) is 13.0 Å². The van der Waals surface area contributed by atoms with Gasteiger partial charge in [-0.3, -0.25) is 14.3 Å². The third-order valence-electron chi connectivity index (χ3n) is 4.05. The first kappa shape index (κ1) is 14.3. The summed E-state index contributed by atoms with van der Waals surface area (Å²) in [6.45, 7) is 2.11. The van der Waals surface area contributed by atoms with Crippen LogP contribution in [0.3, 0.4) is 0 Å². The molecule has 2 aliphatic rings. The third-order valence-corrected chi connectivity index (χ3v) is 4.33. The number of hydrogen-bond acceptors (Lipinski definition) is 4. The summed E-state index contributed by atoms with van der Waals surface area (Å²) in [4.78, 5) is 23.6. The Kier molecular flexibility index (Phi) is 3.62. The summed E-state index contributed by atoms with van der Waals surface area (Å²) >= 11 is 5.98. The Morgan fingerprint density at radius 3 is 2.81 bits per heavy atom. The zero-order valence-corrected chi connectivity index (χ0v) is 12.6. The van der Waals surface area contributed by atoms with Crippen molar-refractivity contribution in [3.63, 3.8) is 0 Å². The van der Waals surface area contributed by atoms with Gasteiger partial charge < -0.3 is 15.4 Å². The molecule has 2 heterocycles. The van der Waals surface area contributed by atoms with E-state index in [9.17, 15) is 9.59 Å². The highest BCUT2D eigenvalue weighted by molar-refractivity contribution is 6.33. The number of carbonyl (C=O) groups excluding carboxylic acids is 2. The second kappa shape index (κ2) is 5.31. The molecule has 4 atom stereocenters. The summed E-state index contributed by atoms with van der Waals surface area (Å²) in [6, 6.07) is -0.339. The fraction of sp³-hybridized carbons (Fsp3) is 0.615. The average molecular weight is 313 g/mol. The van der Waals surface area contributed by atoms with Gasteiger partial charge in [0.1, 0.15) is 0 Å². The molecule has 0 unspecified atom stereocenters. The molecule has 21 heavy (non-hydrogen) atoms. The zero-order chi connectivity index (χ0) is 15.1. The van der Waals surface area contributed by atoms with Crippen LogP contribution in [0.1, 0.15) is 23.8 Å². The highest BCUT2D eigenvalue weighted by Crippen LogP contribution is 2.39. The van der Waals surface area contributed by atoms with Gasteiger partial charge in [-0.15, -0.1) is 0 Å². The van der Waals surface area contributed by atoms with Gasteiger partial charge in [0, 0.05) is 32.7 Å². The molecule has 2 N–H and O–H groups in total. The van der Waals surface area contributed by atoms with Crippen LogP contribution in [0.4, 0.5) is 0 Å². The molecule has 2 amide bonds. The van der Waals surface area contributed by atoms with Crippen molar-refractivity contribution in [3.8, 4) is 0 Å². The Balaban J connectivity index is 1.72. The maximum atomic E-state index is 12.3. The number of aromatic nitrogens is 2. The lowest BCUT2D eigenvalue weighted by molar-refractivity contribution is -0.123. The summed E-state index contributed by atoms with van der Waals surface area (Å²) in [7, 11) is 1.70. The molecule has 0 spiro atoms. The molecule has 0 radical (unpaired) electrons. The molecule has 2 fully saturated rings. The van der Waals surface area contributed by atoms with Crippen LogP contribution in [0.2, 0.25) is 5.02 Å². The van der Waals surface area contributed by atoms with Crippen molar-refractivity contribution in [2.75, 3.05) is 6.61 Å². The highest BCUT2D eigenvalue weighted by atomic mass is 35.5. The van der Waals surface area contributed by atoms with Crippen molar-refractivity contribution in [1.82, 2.24) is 20.4 Å². The number of hydrogen-bond donors (Lipinski definition) is 2. The monoisotopic (exact) mass is 312 g/mol. The van der Waals surface area contributed by atoms with Crippen molar-refractivity contribution in [2.45, 2.75) is 31.5 Å². The molecule has 0 aromatic carbocycles. The minimum atomic E-state index is -0.327. The minimum absolute atomic E-state index is 0.0154. The summed E-state index contributed by atoms with van der Waals surface area (Å²) in [5.74, 6) is -0.233. The summed E-state index contributed by atoms with van der Waals surface area (Å²) < 4.78 is 7.09. The van der Waals surface area contributed by atoms with Gasteiger partial charge in [0.25, 0.3) is 5.91 Å². The summed E-state index contributed by atoms with van der Waals surface area (Å²) in [5, 5.41) is 10.1. The third kappa shape index (κ3) is 2.51. The van der Waals surface area contributed by atoms with Gasteiger partial charge in [0.2, 0.25) is 5.91 Å². The van der Waals surface area contributed by atoms with Gasteiger partial charge >= 0.3 is 0 Å². The molecule has 3 rings (SSSR count). The quantitative estimate of drug-likeness (QED) is 0.828. The van der Waals surface area contributed by atoms with E-state index in [2.05, 4.69) is 15.7 Å². The maximum absolute atomic E-state index is 12.3. The molecule has 1 aromatic rings. The number of amides is 2. The first-order chi connectivity index (χ1) is 9.97. The molecule has 1 aliphatic heterocycles. The van der Waals surface area contributed by atoms with Crippen molar-refractivity contribution < 1.29 is 14.3 Å². The predicted octanol–water partition coefficient (Wildman–Crippen LogP) is 0.0953. The summed E-state index contributed by atoms with van der Waals surface area (Å²) in [5.41, 5.74) is 0.197. The van der Waals surface area contributed by atoms with Gasteiger partial charge in [-0.2, -0.15) is 5.10 Å². The van der Waals surface area contributed by atoms with Crippen LogP contribution in [0.15, 0.2) is 6.20 Å². The fourth-order valence-electron chi connectivity index (χ4n) is 3.14. The van der Waals surface area contributed by atoms with Gasteiger partial charge in [-0.05, 0) is 6.42 Å². The van der Waals surface area contributed by atoms with Crippen LogP contribution < -0.4 is 10.6 Å². The van der Waals surface area contributed by atoms with Crippen LogP contribution in [-0.2, 0) is 16.6 Å². The molecule has 8 heteroatoms. The van der Waals surface area contributed by atoms with E-state index in [-0.39, 0.29) is 41.6 Å². The molecule has 1 aliphatic carbocycles. The standard InChI is InChI=1S/C13H17ClN4O3/c1-6(19)15-11-9(7-3-4-21-12(7)11)16-13(20)10-8(14)5-18(2)17-10/h5,7,9,11-12H,3-4H2,1-2H3,(H,15,19)(H,16,20)/t7-,9+,11-,12-/m1/s1. The number of halogens is 1. The van der Waals surface area contributed by atoms with Crippen molar-refractivity contribution >= 4 is 23.4 Å². The van der Waals surface area contributed by atoms with Crippen LogP contribution >= 0.6 is 11.6 Å². The van der Waals surface area contributed by atoms with Gasteiger partial charge in [0.05, 0.1) is 23.2 Å².